The van der Waals surface area contributed by atoms with Gasteiger partial charge in [0.15, 0.2) is 11.5 Å². The van der Waals surface area contributed by atoms with Crippen molar-refractivity contribution in [1.29, 1.82) is 0 Å². The molecule has 3 rings (SSSR count). The van der Waals surface area contributed by atoms with Crippen LogP contribution in [0.4, 0.5) is 0 Å². The molecule has 2 heterocycles. The number of ether oxygens (including phenoxy) is 2. The summed E-state index contributed by atoms with van der Waals surface area (Å²) in [6.45, 7) is 8.08. The van der Waals surface area contributed by atoms with Gasteiger partial charge in [-0.05, 0) is 23.6 Å². The quantitative estimate of drug-likeness (QED) is 0.871. The molecule has 1 aromatic carbocycles. The molecule has 1 aromatic rings. The molecule has 0 aromatic heterocycles. The van der Waals surface area contributed by atoms with Crippen molar-refractivity contribution >= 4 is 17.7 Å². The fourth-order valence-electron chi connectivity index (χ4n) is 3.19. The predicted octanol–water partition coefficient (Wildman–Crippen LogP) is 2.71. The van der Waals surface area contributed by atoms with Crippen LogP contribution in [0, 0.1) is 5.92 Å². The average Bonchev–Trinajstić information content (AvgIpc) is 2.85. The highest BCUT2D eigenvalue weighted by atomic mass is 32.2. The van der Waals surface area contributed by atoms with Crippen LogP contribution in [0.3, 0.4) is 0 Å². The van der Waals surface area contributed by atoms with Crippen LogP contribution in [0.2, 0.25) is 0 Å². The minimum absolute atomic E-state index is 0.0242. The van der Waals surface area contributed by atoms with Crippen molar-refractivity contribution in [2.75, 3.05) is 44.4 Å². The van der Waals surface area contributed by atoms with Crippen LogP contribution in [-0.4, -0.2) is 55.2 Å². The van der Waals surface area contributed by atoms with E-state index < -0.39 is 0 Å². The maximum Gasteiger partial charge on any atom is 0.234 e. The van der Waals surface area contributed by atoms with Crippen molar-refractivity contribution < 1.29 is 14.3 Å². The van der Waals surface area contributed by atoms with Gasteiger partial charge in [0.05, 0.1) is 25.8 Å². The van der Waals surface area contributed by atoms with Gasteiger partial charge in [-0.3, -0.25) is 9.69 Å². The standard InChI is InChI=1S/C19H28N2O3S/c1-14(2)19(20-18(22)13-21-6-10-25-11-7-21)15-4-5-16-17(12-15)24-9-3-8-23-16/h4-5,12,14,19H,3,6-11,13H2,1-2H3,(H,20,22). The van der Waals surface area contributed by atoms with Gasteiger partial charge in [-0.1, -0.05) is 19.9 Å². The van der Waals surface area contributed by atoms with Gasteiger partial charge in [-0.25, -0.2) is 0 Å². The fraction of sp³-hybridized carbons (Fsp3) is 0.632. The van der Waals surface area contributed by atoms with Gasteiger partial charge >= 0.3 is 0 Å². The van der Waals surface area contributed by atoms with Crippen LogP contribution in [0.25, 0.3) is 0 Å². The van der Waals surface area contributed by atoms with Crippen LogP contribution >= 0.6 is 11.8 Å². The monoisotopic (exact) mass is 364 g/mol. The molecule has 1 fully saturated rings. The maximum absolute atomic E-state index is 12.5. The molecule has 2 aliphatic rings. The lowest BCUT2D eigenvalue weighted by molar-refractivity contribution is -0.123. The summed E-state index contributed by atoms with van der Waals surface area (Å²) in [5.74, 6) is 4.19. The summed E-state index contributed by atoms with van der Waals surface area (Å²) < 4.78 is 11.5. The first kappa shape index (κ1) is 18.4. The van der Waals surface area contributed by atoms with Crippen molar-refractivity contribution in [3.05, 3.63) is 23.8 Å². The molecule has 0 saturated carbocycles. The summed E-state index contributed by atoms with van der Waals surface area (Å²) in [6, 6.07) is 5.99. The number of thioether (sulfide) groups is 1. The van der Waals surface area contributed by atoms with Crippen LogP contribution in [-0.2, 0) is 4.79 Å². The first-order valence-corrected chi connectivity index (χ1v) is 10.3. The van der Waals surface area contributed by atoms with Gasteiger partial charge in [0.1, 0.15) is 0 Å². The molecular formula is C19H28N2O3S. The number of hydrogen-bond acceptors (Lipinski definition) is 5. The van der Waals surface area contributed by atoms with E-state index in [0.29, 0.717) is 25.7 Å². The Kier molecular flexibility index (Phi) is 6.48. The average molecular weight is 365 g/mol. The molecule has 1 atom stereocenters. The molecule has 1 saturated heterocycles. The van der Waals surface area contributed by atoms with Crippen LogP contribution in [0.1, 0.15) is 31.9 Å². The minimum atomic E-state index is -0.0242. The first-order valence-electron chi connectivity index (χ1n) is 9.12. The molecule has 0 aliphatic carbocycles. The lowest BCUT2D eigenvalue weighted by atomic mass is 9.95. The third kappa shape index (κ3) is 5.05. The summed E-state index contributed by atoms with van der Waals surface area (Å²) in [4.78, 5) is 14.8. The van der Waals surface area contributed by atoms with Crippen molar-refractivity contribution in [2.24, 2.45) is 5.92 Å². The van der Waals surface area contributed by atoms with Crippen LogP contribution in [0.15, 0.2) is 18.2 Å². The Morgan fingerprint density at radius 2 is 1.92 bits per heavy atom. The zero-order valence-electron chi connectivity index (χ0n) is 15.1. The molecule has 0 spiro atoms. The smallest absolute Gasteiger partial charge is 0.234 e. The third-order valence-corrected chi connectivity index (χ3v) is 5.53. The number of carbonyl (C=O) groups excluding carboxylic acids is 1. The summed E-state index contributed by atoms with van der Waals surface area (Å²) >= 11 is 1.96. The maximum atomic E-state index is 12.5. The van der Waals surface area contributed by atoms with E-state index in [1.54, 1.807) is 0 Å². The number of nitrogens with one attached hydrogen (secondary N) is 1. The summed E-state index contributed by atoms with van der Waals surface area (Å²) in [5, 5.41) is 3.22. The lowest BCUT2D eigenvalue weighted by Gasteiger charge is -2.28. The number of hydrogen-bond donors (Lipinski definition) is 1. The SMILES string of the molecule is CC(C)C(NC(=O)CN1CCSCC1)c1ccc2c(c1)OCCCO2. The molecule has 5 nitrogen and oxygen atoms in total. The van der Waals surface area contributed by atoms with Crippen molar-refractivity contribution in [3.63, 3.8) is 0 Å². The van der Waals surface area contributed by atoms with E-state index in [1.807, 2.05) is 30.0 Å². The Balaban J connectivity index is 1.68. The number of carbonyl (C=O) groups is 1. The van der Waals surface area contributed by atoms with Crippen molar-refractivity contribution in [1.82, 2.24) is 10.2 Å². The van der Waals surface area contributed by atoms with Gasteiger partial charge < -0.3 is 14.8 Å². The van der Waals surface area contributed by atoms with Gasteiger partial charge in [-0.15, -0.1) is 0 Å². The predicted molar refractivity (Wildman–Crippen MR) is 102 cm³/mol. The number of nitrogens with zero attached hydrogens (tertiary/aromatic N) is 1. The summed E-state index contributed by atoms with van der Waals surface area (Å²) in [5.41, 5.74) is 1.07. The zero-order valence-corrected chi connectivity index (χ0v) is 15.9. The van der Waals surface area contributed by atoms with Gasteiger partial charge in [0.25, 0.3) is 0 Å². The normalized spacial score (nSPS) is 19.3. The van der Waals surface area contributed by atoms with E-state index in [4.69, 9.17) is 9.47 Å². The highest BCUT2D eigenvalue weighted by Crippen LogP contribution is 2.34. The Labute approximate surface area is 154 Å². The molecule has 1 amide bonds. The van der Waals surface area contributed by atoms with E-state index in [0.717, 1.165) is 48.1 Å². The van der Waals surface area contributed by atoms with Crippen LogP contribution < -0.4 is 14.8 Å². The topological polar surface area (TPSA) is 50.8 Å². The van der Waals surface area contributed by atoms with Gasteiger partial charge in [0.2, 0.25) is 5.91 Å². The molecule has 2 aliphatic heterocycles. The second-order valence-electron chi connectivity index (χ2n) is 6.93. The Bertz CT molecular complexity index is 588. The molecule has 1 unspecified atom stereocenters. The Morgan fingerprint density at radius 3 is 2.64 bits per heavy atom. The summed E-state index contributed by atoms with van der Waals surface area (Å²) in [7, 11) is 0. The number of rotatable bonds is 5. The number of benzene rings is 1. The minimum Gasteiger partial charge on any atom is -0.490 e. The third-order valence-electron chi connectivity index (χ3n) is 4.58. The molecule has 0 radical (unpaired) electrons. The van der Waals surface area contributed by atoms with E-state index in [1.165, 1.54) is 0 Å². The number of amides is 1. The molecule has 138 valence electrons. The van der Waals surface area contributed by atoms with E-state index in [-0.39, 0.29) is 11.9 Å². The summed E-state index contributed by atoms with van der Waals surface area (Å²) in [6.07, 6.45) is 0.891. The van der Waals surface area contributed by atoms with E-state index >= 15 is 0 Å². The second-order valence-corrected chi connectivity index (χ2v) is 8.16. The zero-order chi connectivity index (χ0) is 17.6. The molecule has 1 N–H and O–H groups in total. The largest absolute Gasteiger partial charge is 0.490 e. The highest BCUT2D eigenvalue weighted by Gasteiger charge is 2.22. The molecule has 6 heteroatoms. The molecule has 0 bridgehead atoms. The number of fused-ring (bicyclic) bond motifs is 1. The van der Waals surface area contributed by atoms with E-state index in [2.05, 4.69) is 24.1 Å². The second kappa shape index (κ2) is 8.81. The van der Waals surface area contributed by atoms with Gasteiger partial charge in [0, 0.05) is 31.0 Å². The van der Waals surface area contributed by atoms with Crippen molar-refractivity contribution in [3.8, 4) is 11.5 Å². The Morgan fingerprint density at radius 1 is 1.20 bits per heavy atom. The van der Waals surface area contributed by atoms with Crippen LogP contribution in [0.5, 0.6) is 11.5 Å². The fourth-order valence-corrected chi connectivity index (χ4v) is 4.17. The first-order chi connectivity index (χ1) is 12.1. The molecular weight excluding hydrogens is 336 g/mol. The van der Waals surface area contributed by atoms with Gasteiger partial charge in [-0.2, -0.15) is 11.8 Å². The molecule has 25 heavy (non-hydrogen) atoms. The lowest BCUT2D eigenvalue weighted by Crippen LogP contribution is -2.43. The highest BCUT2D eigenvalue weighted by molar-refractivity contribution is 7.99. The van der Waals surface area contributed by atoms with Crippen molar-refractivity contribution in [2.45, 2.75) is 26.3 Å². The Hall–Kier alpha value is -1.40. The van der Waals surface area contributed by atoms with E-state index in [9.17, 15) is 4.79 Å².